The lowest BCUT2D eigenvalue weighted by molar-refractivity contribution is -0.149. The zero-order chi connectivity index (χ0) is 23.0. The average Bonchev–Trinajstić information content (AvgIpc) is 2.78. The molecule has 31 heavy (non-hydrogen) atoms. The van der Waals surface area contributed by atoms with E-state index in [1.54, 1.807) is 0 Å². The Labute approximate surface area is 196 Å². The van der Waals surface area contributed by atoms with Crippen molar-refractivity contribution >= 4 is 5.97 Å². The molecule has 2 unspecified atom stereocenters. The number of rotatable bonds is 24. The molecule has 0 bridgehead atoms. The van der Waals surface area contributed by atoms with Crippen LogP contribution in [0.4, 0.5) is 0 Å². The molecule has 0 aliphatic rings. The predicted octanol–water partition coefficient (Wildman–Crippen LogP) is 10.0. The summed E-state index contributed by atoms with van der Waals surface area (Å²) in [5, 5.41) is 0. The maximum Gasteiger partial charge on any atom is 0.308 e. The van der Waals surface area contributed by atoms with E-state index in [0.29, 0.717) is 12.5 Å². The smallest absolute Gasteiger partial charge is 0.308 e. The first-order chi connectivity index (χ1) is 15.2. The highest BCUT2D eigenvalue weighted by molar-refractivity contribution is 5.71. The average molecular weight is 439 g/mol. The Kier molecular flexibility index (Phi) is 23.7. The molecule has 0 fully saturated rings. The second kappa shape index (κ2) is 24.1. The standard InChI is InChI=1S/C29H58O2/c1-5-8-11-13-15-16-17-18-20-22-25-28(24-10-7-3)26-31-29(30)27(4)23-21-19-14-12-9-6-2/h27-28H,5-26H2,1-4H3. The summed E-state index contributed by atoms with van der Waals surface area (Å²) in [6.45, 7) is 9.50. The topological polar surface area (TPSA) is 26.3 Å². The van der Waals surface area contributed by atoms with Gasteiger partial charge in [0.15, 0.2) is 0 Å². The lowest BCUT2D eigenvalue weighted by Gasteiger charge is -2.18. The number of hydrogen-bond donors (Lipinski definition) is 0. The highest BCUT2D eigenvalue weighted by atomic mass is 16.5. The van der Waals surface area contributed by atoms with Gasteiger partial charge in [-0.25, -0.2) is 0 Å². The van der Waals surface area contributed by atoms with E-state index in [1.165, 1.54) is 122 Å². The van der Waals surface area contributed by atoms with Crippen LogP contribution >= 0.6 is 0 Å². The van der Waals surface area contributed by atoms with Gasteiger partial charge in [-0.1, -0.05) is 143 Å². The lowest BCUT2D eigenvalue weighted by Crippen LogP contribution is -2.19. The van der Waals surface area contributed by atoms with E-state index in [4.69, 9.17) is 4.74 Å². The summed E-state index contributed by atoms with van der Waals surface area (Å²) in [6, 6.07) is 0. The van der Waals surface area contributed by atoms with Gasteiger partial charge in [0.1, 0.15) is 0 Å². The van der Waals surface area contributed by atoms with Crippen LogP contribution in [0.1, 0.15) is 163 Å². The first kappa shape index (κ1) is 30.5. The van der Waals surface area contributed by atoms with Gasteiger partial charge in [-0.15, -0.1) is 0 Å². The molecule has 0 spiro atoms. The van der Waals surface area contributed by atoms with E-state index < -0.39 is 0 Å². The van der Waals surface area contributed by atoms with E-state index in [-0.39, 0.29) is 11.9 Å². The molecule has 2 nitrogen and oxygen atoms in total. The fourth-order valence-corrected chi connectivity index (χ4v) is 4.42. The molecule has 0 N–H and O–H groups in total. The Morgan fingerprint density at radius 1 is 0.548 bits per heavy atom. The normalized spacial score (nSPS) is 13.3. The van der Waals surface area contributed by atoms with Crippen molar-refractivity contribution in [2.75, 3.05) is 6.61 Å². The number of unbranched alkanes of at least 4 members (excludes halogenated alkanes) is 15. The minimum absolute atomic E-state index is 0.0399. The van der Waals surface area contributed by atoms with Gasteiger partial charge in [-0.05, 0) is 25.2 Å². The Balaban J connectivity index is 3.86. The highest BCUT2D eigenvalue weighted by Gasteiger charge is 2.17. The van der Waals surface area contributed by atoms with Gasteiger partial charge in [-0.3, -0.25) is 4.79 Å². The predicted molar refractivity (Wildman–Crippen MR) is 138 cm³/mol. The van der Waals surface area contributed by atoms with Crippen molar-refractivity contribution in [1.29, 1.82) is 0 Å². The minimum Gasteiger partial charge on any atom is -0.465 e. The molecule has 0 aromatic heterocycles. The molecule has 0 saturated carbocycles. The van der Waals surface area contributed by atoms with Crippen LogP contribution < -0.4 is 0 Å². The number of carbonyl (C=O) groups is 1. The zero-order valence-corrected chi connectivity index (χ0v) is 22.0. The maximum atomic E-state index is 12.4. The summed E-state index contributed by atoms with van der Waals surface area (Å²) in [5.74, 6) is 0.674. The molecular formula is C29H58O2. The molecule has 2 atom stereocenters. The van der Waals surface area contributed by atoms with E-state index in [2.05, 4.69) is 27.7 Å². The van der Waals surface area contributed by atoms with E-state index in [0.717, 1.165) is 12.8 Å². The maximum absolute atomic E-state index is 12.4. The fraction of sp³-hybridized carbons (Fsp3) is 0.966. The SMILES string of the molecule is CCCCCCCCCCCCC(CCCC)COC(=O)C(C)CCCCCCCC. The van der Waals surface area contributed by atoms with Crippen LogP contribution in [0.15, 0.2) is 0 Å². The summed E-state index contributed by atoms with van der Waals surface area (Å²) in [6.07, 6.45) is 27.5. The quantitative estimate of drug-likeness (QED) is 0.111. The number of carbonyl (C=O) groups excluding carboxylic acids is 1. The second-order valence-electron chi connectivity index (χ2n) is 10.1. The minimum atomic E-state index is 0.0399. The van der Waals surface area contributed by atoms with Crippen molar-refractivity contribution in [2.24, 2.45) is 11.8 Å². The summed E-state index contributed by atoms with van der Waals surface area (Å²) in [5.41, 5.74) is 0. The van der Waals surface area contributed by atoms with Crippen molar-refractivity contribution in [3.05, 3.63) is 0 Å². The molecule has 0 amide bonds. The van der Waals surface area contributed by atoms with Gasteiger partial charge in [0.05, 0.1) is 12.5 Å². The largest absolute Gasteiger partial charge is 0.465 e. The number of esters is 1. The third-order valence-corrected chi connectivity index (χ3v) is 6.79. The summed E-state index contributed by atoms with van der Waals surface area (Å²) >= 11 is 0. The van der Waals surface area contributed by atoms with Crippen LogP contribution in [-0.4, -0.2) is 12.6 Å². The Morgan fingerprint density at radius 3 is 1.42 bits per heavy atom. The fourth-order valence-electron chi connectivity index (χ4n) is 4.42. The molecule has 0 aliphatic heterocycles. The van der Waals surface area contributed by atoms with Gasteiger partial charge in [-0.2, -0.15) is 0 Å². The molecule has 0 aromatic rings. The van der Waals surface area contributed by atoms with Crippen LogP contribution in [-0.2, 0) is 9.53 Å². The summed E-state index contributed by atoms with van der Waals surface area (Å²) < 4.78 is 5.76. The third kappa shape index (κ3) is 21.1. The summed E-state index contributed by atoms with van der Waals surface area (Å²) in [4.78, 5) is 12.4. The molecule has 0 heterocycles. The van der Waals surface area contributed by atoms with Gasteiger partial charge < -0.3 is 4.74 Å². The van der Waals surface area contributed by atoms with Crippen molar-refractivity contribution in [3.63, 3.8) is 0 Å². The number of ether oxygens (including phenoxy) is 1. The zero-order valence-electron chi connectivity index (χ0n) is 22.0. The molecule has 2 heteroatoms. The number of hydrogen-bond acceptors (Lipinski definition) is 2. The van der Waals surface area contributed by atoms with E-state index in [9.17, 15) is 4.79 Å². The molecule has 0 radical (unpaired) electrons. The Hall–Kier alpha value is -0.530. The third-order valence-electron chi connectivity index (χ3n) is 6.79. The van der Waals surface area contributed by atoms with Crippen molar-refractivity contribution in [1.82, 2.24) is 0 Å². The molecular weight excluding hydrogens is 380 g/mol. The molecule has 0 aromatic carbocycles. The monoisotopic (exact) mass is 438 g/mol. The van der Waals surface area contributed by atoms with Crippen LogP contribution in [0, 0.1) is 11.8 Å². The van der Waals surface area contributed by atoms with Crippen molar-refractivity contribution < 1.29 is 9.53 Å². The molecule has 0 saturated heterocycles. The Morgan fingerprint density at radius 2 is 0.935 bits per heavy atom. The van der Waals surface area contributed by atoms with Crippen LogP contribution in [0.5, 0.6) is 0 Å². The van der Waals surface area contributed by atoms with Crippen LogP contribution in [0.2, 0.25) is 0 Å². The van der Waals surface area contributed by atoms with Gasteiger partial charge in [0.25, 0.3) is 0 Å². The molecule has 0 rings (SSSR count). The van der Waals surface area contributed by atoms with Crippen LogP contribution in [0.25, 0.3) is 0 Å². The van der Waals surface area contributed by atoms with Gasteiger partial charge in [0, 0.05) is 0 Å². The van der Waals surface area contributed by atoms with Crippen molar-refractivity contribution in [3.8, 4) is 0 Å². The van der Waals surface area contributed by atoms with Gasteiger partial charge in [0.2, 0.25) is 0 Å². The second-order valence-corrected chi connectivity index (χ2v) is 10.1. The lowest BCUT2D eigenvalue weighted by atomic mass is 9.95. The Bertz CT molecular complexity index is 366. The van der Waals surface area contributed by atoms with Crippen molar-refractivity contribution in [2.45, 2.75) is 163 Å². The first-order valence-electron chi connectivity index (χ1n) is 14.3. The molecule has 0 aliphatic carbocycles. The van der Waals surface area contributed by atoms with E-state index >= 15 is 0 Å². The van der Waals surface area contributed by atoms with Gasteiger partial charge >= 0.3 is 5.97 Å². The highest BCUT2D eigenvalue weighted by Crippen LogP contribution is 2.20. The van der Waals surface area contributed by atoms with Crippen LogP contribution in [0.3, 0.4) is 0 Å². The first-order valence-corrected chi connectivity index (χ1v) is 14.3. The molecule has 186 valence electrons. The van der Waals surface area contributed by atoms with E-state index in [1.807, 2.05) is 0 Å². The summed E-state index contributed by atoms with van der Waals surface area (Å²) in [7, 11) is 0.